The fourth-order valence-corrected chi connectivity index (χ4v) is 2.00. The second-order valence-electron chi connectivity index (χ2n) is 4.43. The van der Waals surface area contributed by atoms with Crippen LogP contribution in [0, 0.1) is 0 Å². The van der Waals surface area contributed by atoms with E-state index in [9.17, 15) is 18.0 Å². The number of hydrogen-bond acceptors (Lipinski definition) is 3. The Morgan fingerprint density at radius 1 is 1.37 bits per heavy atom. The molecular formula is C12H14F3N3O. The highest BCUT2D eigenvalue weighted by Crippen LogP contribution is 2.35. The number of carbonyl (C=O) groups is 1. The Morgan fingerprint density at radius 3 is 2.74 bits per heavy atom. The monoisotopic (exact) mass is 273 g/mol. The molecule has 104 valence electrons. The van der Waals surface area contributed by atoms with Crippen molar-refractivity contribution in [1.82, 2.24) is 5.32 Å². The van der Waals surface area contributed by atoms with E-state index in [2.05, 4.69) is 10.6 Å². The van der Waals surface area contributed by atoms with Crippen molar-refractivity contribution in [2.75, 3.05) is 17.6 Å². The smallest absolute Gasteiger partial charge is 0.398 e. The van der Waals surface area contributed by atoms with Gasteiger partial charge in [-0.15, -0.1) is 0 Å². The van der Waals surface area contributed by atoms with Crippen molar-refractivity contribution < 1.29 is 18.0 Å². The third-order valence-electron chi connectivity index (χ3n) is 2.98. The van der Waals surface area contributed by atoms with E-state index in [0.29, 0.717) is 13.0 Å². The Bertz CT molecular complexity index is 488. The van der Waals surface area contributed by atoms with E-state index in [1.54, 1.807) is 0 Å². The molecule has 4 N–H and O–H groups in total. The summed E-state index contributed by atoms with van der Waals surface area (Å²) in [6.45, 7) is 0.604. The molecular weight excluding hydrogens is 259 g/mol. The summed E-state index contributed by atoms with van der Waals surface area (Å²) >= 11 is 0. The van der Waals surface area contributed by atoms with Gasteiger partial charge in [-0.1, -0.05) is 0 Å². The highest BCUT2D eigenvalue weighted by Gasteiger charge is 2.33. The van der Waals surface area contributed by atoms with Gasteiger partial charge in [0.15, 0.2) is 0 Å². The second-order valence-corrected chi connectivity index (χ2v) is 4.43. The Labute approximate surface area is 108 Å². The summed E-state index contributed by atoms with van der Waals surface area (Å²) in [5.41, 5.74) is 4.33. The lowest BCUT2D eigenvalue weighted by Gasteiger charge is -2.24. The third-order valence-corrected chi connectivity index (χ3v) is 2.98. The normalized spacial score (nSPS) is 19.9. The van der Waals surface area contributed by atoms with Gasteiger partial charge in [-0.25, -0.2) is 0 Å². The molecule has 1 aromatic rings. The SMILES string of the molecule is Nc1ccc(NC2CCCNC2=O)cc1C(F)(F)F. The number of nitrogen functional groups attached to an aromatic ring is 1. The minimum Gasteiger partial charge on any atom is -0.398 e. The Morgan fingerprint density at radius 2 is 2.11 bits per heavy atom. The lowest BCUT2D eigenvalue weighted by Crippen LogP contribution is -2.44. The maximum Gasteiger partial charge on any atom is 0.418 e. The zero-order valence-corrected chi connectivity index (χ0v) is 10.1. The molecule has 1 atom stereocenters. The third kappa shape index (κ3) is 3.10. The van der Waals surface area contributed by atoms with Crippen LogP contribution in [0.3, 0.4) is 0 Å². The molecule has 4 nitrogen and oxygen atoms in total. The largest absolute Gasteiger partial charge is 0.418 e. The van der Waals surface area contributed by atoms with Crippen LogP contribution in [0.1, 0.15) is 18.4 Å². The summed E-state index contributed by atoms with van der Waals surface area (Å²) in [7, 11) is 0. The Balaban J connectivity index is 2.19. The molecule has 2 rings (SSSR count). The van der Waals surface area contributed by atoms with Gasteiger partial charge in [0.2, 0.25) is 5.91 Å². The predicted octanol–water partition coefficient (Wildman–Crippen LogP) is 1.98. The molecule has 1 fully saturated rings. The molecule has 7 heteroatoms. The van der Waals surface area contributed by atoms with Crippen molar-refractivity contribution in [3.8, 4) is 0 Å². The van der Waals surface area contributed by atoms with Gasteiger partial charge in [0.1, 0.15) is 6.04 Å². The molecule has 0 bridgehead atoms. The average Bonchev–Trinajstić information content (AvgIpc) is 2.33. The Hall–Kier alpha value is -1.92. The first kappa shape index (κ1) is 13.5. The summed E-state index contributed by atoms with van der Waals surface area (Å²) in [5.74, 6) is -0.198. The molecule has 1 aliphatic heterocycles. The zero-order chi connectivity index (χ0) is 14.0. The van der Waals surface area contributed by atoms with Crippen molar-refractivity contribution in [1.29, 1.82) is 0 Å². The van der Waals surface area contributed by atoms with E-state index in [0.717, 1.165) is 12.5 Å². The van der Waals surface area contributed by atoms with E-state index in [-0.39, 0.29) is 17.3 Å². The van der Waals surface area contributed by atoms with Crippen LogP contribution in [0.4, 0.5) is 24.5 Å². The topological polar surface area (TPSA) is 67.2 Å². The number of piperidine rings is 1. The van der Waals surface area contributed by atoms with E-state index in [1.807, 2.05) is 0 Å². The van der Waals surface area contributed by atoms with E-state index in [4.69, 9.17) is 5.73 Å². The summed E-state index contributed by atoms with van der Waals surface area (Å²) in [6, 6.07) is 3.05. The molecule has 1 heterocycles. The summed E-state index contributed by atoms with van der Waals surface area (Å²) in [5, 5.41) is 5.46. The van der Waals surface area contributed by atoms with E-state index >= 15 is 0 Å². The van der Waals surface area contributed by atoms with E-state index in [1.165, 1.54) is 12.1 Å². The van der Waals surface area contributed by atoms with Gasteiger partial charge in [-0.05, 0) is 31.0 Å². The number of amides is 1. The molecule has 1 saturated heterocycles. The fourth-order valence-electron chi connectivity index (χ4n) is 2.00. The second kappa shape index (κ2) is 4.99. The fraction of sp³-hybridized carbons (Fsp3) is 0.417. The molecule has 1 amide bonds. The number of anilines is 2. The van der Waals surface area contributed by atoms with Crippen LogP contribution >= 0.6 is 0 Å². The van der Waals surface area contributed by atoms with E-state index < -0.39 is 17.8 Å². The van der Waals surface area contributed by atoms with Crippen molar-refractivity contribution in [3.63, 3.8) is 0 Å². The predicted molar refractivity (Wildman–Crippen MR) is 65.5 cm³/mol. The number of benzene rings is 1. The van der Waals surface area contributed by atoms with Crippen molar-refractivity contribution in [2.24, 2.45) is 0 Å². The van der Waals surface area contributed by atoms with Crippen LogP contribution in [0.5, 0.6) is 0 Å². The standard InChI is InChI=1S/C12H14F3N3O/c13-12(14,15)8-6-7(3-4-9(8)16)18-10-2-1-5-17-11(10)19/h3-4,6,10,18H,1-2,5,16H2,(H,17,19). The minimum atomic E-state index is -4.50. The van der Waals surface area contributed by atoms with Gasteiger partial charge in [-0.2, -0.15) is 13.2 Å². The molecule has 0 aromatic heterocycles. The van der Waals surface area contributed by atoms with Crippen molar-refractivity contribution >= 4 is 17.3 Å². The van der Waals surface area contributed by atoms with Crippen molar-refractivity contribution in [2.45, 2.75) is 25.1 Å². The van der Waals surface area contributed by atoms with Gasteiger partial charge in [0.25, 0.3) is 0 Å². The van der Waals surface area contributed by atoms with Gasteiger partial charge < -0.3 is 16.4 Å². The lowest BCUT2D eigenvalue weighted by molar-refractivity contribution is -0.136. The number of nitrogens with one attached hydrogen (secondary N) is 2. The van der Waals surface area contributed by atoms with Gasteiger partial charge in [0, 0.05) is 17.9 Å². The zero-order valence-electron chi connectivity index (χ0n) is 10.1. The lowest BCUT2D eigenvalue weighted by atomic mass is 10.1. The van der Waals surface area contributed by atoms with Crippen molar-refractivity contribution in [3.05, 3.63) is 23.8 Å². The quantitative estimate of drug-likeness (QED) is 0.722. The molecule has 0 radical (unpaired) electrons. The van der Waals surface area contributed by atoms with Crippen LogP contribution in [0.25, 0.3) is 0 Å². The summed E-state index contributed by atoms with van der Waals surface area (Å²) in [6.07, 6.45) is -3.11. The number of hydrogen-bond donors (Lipinski definition) is 3. The maximum absolute atomic E-state index is 12.7. The highest BCUT2D eigenvalue weighted by atomic mass is 19.4. The van der Waals surface area contributed by atoms with Crippen LogP contribution < -0.4 is 16.4 Å². The molecule has 1 aromatic carbocycles. The summed E-state index contributed by atoms with van der Waals surface area (Å²) < 4.78 is 38.1. The molecule has 0 spiro atoms. The molecule has 1 aliphatic rings. The molecule has 0 aliphatic carbocycles. The van der Waals surface area contributed by atoms with Crippen LogP contribution in [0.15, 0.2) is 18.2 Å². The minimum absolute atomic E-state index is 0.198. The van der Waals surface area contributed by atoms with Crippen LogP contribution in [-0.2, 0) is 11.0 Å². The average molecular weight is 273 g/mol. The van der Waals surface area contributed by atoms with Crippen LogP contribution in [-0.4, -0.2) is 18.5 Å². The van der Waals surface area contributed by atoms with Gasteiger partial charge in [0.05, 0.1) is 5.56 Å². The van der Waals surface area contributed by atoms with Crippen LogP contribution in [0.2, 0.25) is 0 Å². The number of alkyl halides is 3. The first-order valence-electron chi connectivity index (χ1n) is 5.89. The number of carbonyl (C=O) groups excluding carboxylic acids is 1. The maximum atomic E-state index is 12.7. The molecule has 0 saturated carbocycles. The first-order valence-corrected chi connectivity index (χ1v) is 5.89. The highest BCUT2D eigenvalue weighted by molar-refractivity contribution is 5.85. The van der Waals surface area contributed by atoms with Gasteiger partial charge >= 0.3 is 6.18 Å². The summed E-state index contributed by atoms with van der Waals surface area (Å²) in [4.78, 5) is 11.5. The Kier molecular flexibility index (Phi) is 3.55. The number of halogens is 3. The molecule has 19 heavy (non-hydrogen) atoms. The number of rotatable bonds is 2. The van der Waals surface area contributed by atoms with Gasteiger partial charge in [-0.3, -0.25) is 4.79 Å². The molecule has 1 unspecified atom stereocenters. The first-order chi connectivity index (χ1) is 8.88. The number of nitrogens with two attached hydrogens (primary N) is 1.